The normalized spacial score (nSPS) is 12.1. The number of nitrogens with one attached hydrogen (secondary N) is 1. The SMILES string of the molecule is CC(NC(=O)COC(=O)/C=C/c1ccc(F)cc1)c1cccc2ccccc12. The van der Waals surface area contributed by atoms with Gasteiger partial charge in [0.1, 0.15) is 5.82 Å². The van der Waals surface area contributed by atoms with Crippen LogP contribution in [0, 0.1) is 5.82 Å². The van der Waals surface area contributed by atoms with Gasteiger partial charge in [-0.2, -0.15) is 0 Å². The summed E-state index contributed by atoms with van der Waals surface area (Å²) in [6.07, 6.45) is 2.70. The second-order valence-corrected chi connectivity index (χ2v) is 6.35. The lowest BCUT2D eigenvalue weighted by atomic mass is 10.00. The van der Waals surface area contributed by atoms with Crippen molar-refractivity contribution in [2.45, 2.75) is 13.0 Å². The Bertz CT molecular complexity index is 1010. The Hall–Kier alpha value is -3.47. The number of halogens is 1. The van der Waals surface area contributed by atoms with Gasteiger partial charge in [-0.25, -0.2) is 9.18 Å². The Kier molecular flexibility index (Phi) is 6.17. The van der Waals surface area contributed by atoms with Crippen molar-refractivity contribution < 1.29 is 18.7 Å². The predicted octanol–water partition coefficient (Wildman–Crippen LogP) is 4.41. The Balaban J connectivity index is 1.53. The number of amides is 1. The summed E-state index contributed by atoms with van der Waals surface area (Å²) >= 11 is 0. The fraction of sp³-hybridized carbons (Fsp3) is 0.130. The maximum Gasteiger partial charge on any atom is 0.331 e. The number of hydrogen-bond donors (Lipinski definition) is 1. The van der Waals surface area contributed by atoms with Crippen molar-refractivity contribution in [2.24, 2.45) is 0 Å². The molecule has 1 unspecified atom stereocenters. The second kappa shape index (κ2) is 8.95. The van der Waals surface area contributed by atoms with E-state index in [1.807, 2.05) is 49.4 Å². The number of carbonyl (C=O) groups excluding carboxylic acids is 2. The summed E-state index contributed by atoms with van der Waals surface area (Å²) in [6.45, 7) is 1.51. The average molecular weight is 377 g/mol. The van der Waals surface area contributed by atoms with Gasteiger partial charge in [0.05, 0.1) is 6.04 Å². The van der Waals surface area contributed by atoms with E-state index in [0.29, 0.717) is 5.56 Å². The molecule has 0 heterocycles. The van der Waals surface area contributed by atoms with E-state index in [-0.39, 0.29) is 24.4 Å². The molecule has 0 aliphatic heterocycles. The van der Waals surface area contributed by atoms with Gasteiger partial charge in [-0.05, 0) is 47.0 Å². The first kappa shape index (κ1) is 19.3. The van der Waals surface area contributed by atoms with E-state index in [1.54, 1.807) is 0 Å². The molecule has 0 radical (unpaired) electrons. The van der Waals surface area contributed by atoms with Crippen molar-refractivity contribution in [3.05, 3.63) is 89.8 Å². The third-order valence-corrected chi connectivity index (χ3v) is 4.29. The standard InChI is InChI=1S/C23H20FNO3/c1-16(20-8-4-6-18-5-2-3-7-21(18)20)25-22(26)15-28-23(27)14-11-17-9-12-19(24)13-10-17/h2-14,16H,15H2,1H3,(H,25,26)/b14-11+. The van der Waals surface area contributed by atoms with Crippen molar-refractivity contribution >= 4 is 28.7 Å². The molecule has 4 nitrogen and oxygen atoms in total. The fourth-order valence-corrected chi connectivity index (χ4v) is 2.91. The summed E-state index contributed by atoms with van der Waals surface area (Å²) < 4.78 is 17.8. The topological polar surface area (TPSA) is 55.4 Å². The summed E-state index contributed by atoms with van der Waals surface area (Å²) in [7, 11) is 0. The summed E-state index contributed by atoms with van der Waals surface area (Å²) in [4.78, 5) is 23.9. The highest BCUT2D eigenvalue weighted by atomic mass is 19.1. The Morgan fingerprint density at radius 3 is 2.54 bits per heavy atom. The first-order valence-electron chi connectivity index (χ1n) is 8.90. The molecule has 28 heavy (non-hydrogen) atoms. The van der Waals surface area contributed by atoms with E-state index < -0.39 is 5.97 Å². The minimum Gasteiger partial charge on any atom is -0.452 e. The molecular formula is C23H20FNO3. The molecule has 5 heteroatoms. The molecule has 1 amide bonds. The summed E-state index contributed by atoms with van der Waals surface area (Å²) in [6, 6.07) is 19.3. The molecule has 1 atom stereocenters. The van der Waals surface area contributed by atoms with Crippen LogP contribution in [0.25, 0.3) is 16.8 Å². The van der Waals surface area contributed by atoms with Crippen LogP contribution in [-0.2, 0) is 14.3 Å². The lowest BCUT2D eigenvalue weighted by Gasteiger charge is -2.16. The van der Waals surface area contributed by atoms with E-state index in [0.717, 1.165) is 16.3 Å². The molecule has 142 valence electrons. The number of benzene rings is 3. The first-order chi connectivity index (χ1) is 13.5. The molecule has 3 rings (SSSR count). The van der Waals surface area contributed by atoms with Gasteiger partial charge in [-0.3, -0.25) is 4.79 Å². The molecular weight excluding hydrogens is 357 g/mol. The summed E-state index contributed by atoms with van der Waals surface area (Å²) in [5.41, 5.74) is 1.65. The Labute approximate surface area is 162 Å². The highest BCUT2D eigenvalue weighted by molar-refractivity contribution is 5.90. The zero-order chi connectivity index (χ0) is 19.9. The van der Waals surface area contributed by atoms with Gasteiger partial charge in [-0.15, -0.1) is 0 Å². The molecule has 0 aliphatic rings. The molecule has 0 saturated heterocycles. The number of esters is 1. The van der Waals surface area contributed by atoms with Gasteiger partial charge < -0.3 is 10.1 Å². The molecule has 0 fully saturated rings. The minimum absolute atomic E-state index is 0.230. The molecule has 0 spiro atoms. The zero-order valence-corrected chi connectivity index (χ0v) is 15.4. The average Bonchev–Trinajstić information content (AvgIpc) is 2.71. The van der Waals surface area contributed by atoms with Gasteiger partial charge in [0, 0.05) is 6.08 Å². The Morgan fingerprint density at radius 1 is 1.04 bits per heavy atom. The van der Waals surface area contributed by atoms with Crippen LogP contribution < -0.4 is 5.32 Å². The van der Waals surface area contributed by atoms with Gasteiger partial charge >= 0.3 is 5.97 Å². The molecule has 1 N–H and O–H groups in total. The molecule has 3 aromatic carbocycles. The van der Waals surface area contributed by atoms with Gasteiger partial charge in [-0.1, -0.05) is 54.6 Å². The highest BCUT2D eigenvalue weighted by Crippen LogP contribution is 2.23. The maximum atomic E-state index is 12.8. The number of hydrogen-bond acceptors (Lipinski definition) is 3. The molecule has 0 aromatic heterocycles. The lowest BCUT2D eigenvalue weighted by molar-refractivity contribution is -0.144. The van der Waals surface area contributed by atoms with Crippen LogP contribution in [0.15, 0.2) is 72.8 Å². The van der Waals surface area contributed by atoms with Crippen LogP contribution in [0.4, 0.5) is 4.39 Å². The number of fused-ring (bicyclic) bond motifs is 1. The third kappa shape index (κ3) is 5.04. The van der Waals surface area contributed by atoms with Gasteiger partial charge in [0.15, 0.2) is 6.61 Å². The van der Waals surface area contributed by atoms with E-state index in [1.165, 1.54) is 36.4 Å². The monoisotopic (exact) mass is 377 g/mol. The van der Waals surface area contributed by atoms with Crippen molar-refractivity contribution in [3.63, 3.8) is 0 Å². The predicted molar refractivity (Wildman–Crippen MR) is 107 cm³/mol. The van der Waals surface area contributed by atoms with E-state index in [9.17, 15) is 14.0 Å². The maximum absolute atomic E-state index is 12.8. The second-order valence-electron chi connectivity index (χ2n) is 6.35. The largest absolute Gasteiger partial charge is 0.452 e. The number of carbonyl (C=O) groups is 2. The zero-order valence-electron chi connectivity index (χ0n) is 15.4. The van der Waals surface area contributed by atoms with Crippen molar-refractivity contribution in [3.8, 4) is 0 Å². The molecule has 3 aromatic rings. The molecule has 0 aliphatic carbocycles. The van der Waals surface area contributed by atoms with E-state index in [2.05, 4.69) is 5.32 Å². The van der Waals surface area contributed by atoms with E-state index in [4.69, 9.17) is 4.74 Å². The third-order valence-electron chi connectivity index (χ3n) is 4.29. The van der Waals surface area contributed by atoms with Crippen LogP contribution in [-0.4, -0.2) is 18.5 Å². The minimum atomic E-state index is -0.641. The van der Waals surface area contributed by atoms with Crippen molar-refractivity contribution in [2.75, 3.05) is 6.61 Å². The quantitative estimate of drug-likeness (QED) is 0.511. The number of ether oxygens (including phenoxy) is 1. The smallest absolute Gasteiger partial charge is 0.331 e. The lowest BCUT2D eigenvalue weighted by Crippen LogP contribution is -2.31. The first-order valence-corrected chi connectivity index (χ1v) is 8.90. The highest BCUT2D eigenvalue weighted by Gasteiger charge is 2.13. The van der Waals surface area contributed by atoms with Crippen molar-refractivity contribution in [1.82, 2.24) is 5.32 Å². The van der Waals surface area contributed by atoms with Crippen LogP contribution in [0.1, 0.15) is 24.1 Å². The van der Waals surface area contributed by atoms with E-state index >= 15 is 0 Å². The molecule has 0 bridgehead atoms. The summed E-state index contributed by atoms with van der Waals surface area (Å²) in [5.74, 6) is -1.38. The van der Waals surface area contributed by atoms with Gasteiger partial charge in [0.25, 0.3) is 5.91 Å². The summed E-state index contributed by atoms with van der Waals surface area (Å²) in [5, 5.41) is 5.00. The van der Waals surface area contributed by atoms with Crippen LogP contribution in [0.5, 0.6) is 0 Å². The molecule has 0 saturated carbocycles. The van der Waals surface area contributed by atoms with Crippen LogP contribution >= 0.6 is 0 Å². The fourth-order valence-electron chi connectivity index (χ4n) is 2.91. The van der Waals surface area contributed by atoms with Crippen LogP contribution in [0.3, 0.4) is 0 Å². The Morgan fingerprint density at radius 2 is 1.75 bits per heavy atom. The van der Waals surface area contributed by atoms with Gasteiger partial charge in [0.2, 0.25) is 0 Å². The van der Waals surface area contributed by atoms with Crippen molar-refractivity contribution in [1.29, 1.82) is 0 Å². The van der Waals surface area contributed by atoms with Crippen LogP contribution in [0.2, 0.25) is 0 Å². The number of rotatable bonds is 6.